The Morgan fingerprint density at radius 1 is 1.25 bits per heavy atom. The quantitative estimate of drug-likeness (QED) is 0.661. The Hall–Kier alpha value is -0.0800. The smallest absolute Gasteiger partial charge is 0.0490 e. The average Bonchev–Trinajstić information content (AvgIpc) is 2.25. The maximum atomic E-state index is 9.29. The Morgan fingerprint density at radius 3 is 2.08 bits per heavy atom. The van der Waals surface area contributed by atoms with Crippen molar-refractivity contribution in [1.29, 1.82) is 0 Å². The maximum Gasteiger partial charge on any atom is 0.0490 e. The molecule has 0 spiro atoms. The molecular formula is C10H20O2. The molecule has 0 aromatic carbocycles. The minimum Gasteiger partial charge on any atom is -0.396 e. The lowest BCUT2D eigenvalue weighted by atomic mass is 9.66. The van der Waals surface area contributed by atoms with Gasteiger partial charge < -0.3 is 10.2 Å². The van der Waals surface area contributed by atoms with Gasteiger partial charge in [-0.05, 0) is 29.6 Å². The first kappa shape index (κ1) is 10.0. The zero-order valence-electron chi connectivity index (χ0n) is 8.30. The van der Waals surface area contributed by atoms with Gasteiger partial charge in [0.1, 0.15) is 0 Å². The van der Waals surface area contributed by atoms with E-state index in [9.17, 15) is 5.11 Å². The third-order valence-electron chi connectivity index (χ3n) is 4.19. The molecule has 1 saturated carbocycles. The third kappa shape index (κ3) is 1.17. The van der Waals surface area contributed by atoms with E-state index >= 15 is 0 Å². The summed E-state index contributed by atoms with van der Waals surface area (Å²) in [6, 6.07) is 0. The first-order chi connectivity index (χ1) is 5.48. The fraction of sp³-hybridized carbons (Fsp3) is 1.00. The minimum absolute atomic E-state index is 0.000394. The van der Waals surface area contributed by atoms with Crippen molar-refractivity contribution in [3.8, 4) is 0 Å². The SMILES string of the molecule is CC1(C)[C@@H](CO)CC[C@@]1(C)CO. The maximum absolute atomic E-state index is 9.29. The summed E-state index contributed by atoms with van der Waals surface area (Å²) in [7, 11) is 0. The fourth-order valence-electron chi connectivity index (χ4n) is 2.27. The molecule has 0 radical (unpaired) electrons. The molecule has 0 aromatic heterocycles. The predicted molar refractivity (Wildman–Crippen MR) is 48.8 cm³/mol. The minimum atomic E-state index is 0.000394. The van der Waals surface area contributed by atoms with Gasteiger partial charge in [-0.25, -0.2) is 0 Å². The van der Waals surface area contributed by atoms with Crippen LogP contribution in [-0.4, -0.2) is 23.4 Å². The Bertz CT molecular complexity index is 165. The van der Waals surface area contributed by atoms with Crippen LogP contribution in [0.2, 0.25) is 0 Å². The van der Waals surface area contributed by atoms with Crippen LogP contribution in [-0.2, 0) is 0 Å². The molecule has 1 aliphatic carbocycles. The van der Waals surface area contributed by atoms with E-state index in [0.717, 1.165) is 12.8 Å². The molecule has 1 aliphatic rings. The average molecular weight is 172 g/mol. The Kier molecular flexibility index (Phi) is 2.50. The molecule has 1 fully saturated rings. The molecule has 2 atom stereocenters. The first-order valence-corrected chi connectivity index (χ1v) is 4.69. The molecule has 0 unspecified atom stereocenters. The van der Waals surface area contributed by atoms with Crippen molar-refractivity contribution in [2.45, 2.75) is 33.6 Å². The summed E-state index contributed by atoms with van der Waals surface area (Å²) in [5.74, 6) is 0.356. The number of hydrogen-bond acceptors (Lipinski definition) is 2. The number of hydrogen-bond donors (Lipinski definition) is 2. The van der Waals surface area contributed by atoms with Crippen molar-refractivity contribution in [1.82, 2.24) is 0 Å². The van der Waals surface area contributed by atoms with Crippen molar-refractivity contribution in [3.63, 3.8) is 0 Å². The van der Waals surface area contributed by atoms with Crippen molar-refractivity contribution in [2.75, 3.05) is 13.2 Å². The highest BCUT2D eigenvalue weighted by Gasteiger charge is 2.50. The molecule has 0 amide bonds. The van der Waals surface area contributed by atoms with Crippen LogP contribution in [0.4, 0.5) is 0 Å². The van der Waals surface area contributed by atoms with E-state index in [-0.39, 0.29) is 24.0 Å². The molecule has 0 bridgehead atoms. The summed E-state index contributed by atoms with van der Waals surface area (Å²) >= 11 is 0. The Morgan fingerprint density at radius 2 is 1.83 bits per heavy atom. The van der Waals surface area contributed by atoms with Crippen LogP contribution < -0.4 is 0 Å². The number of aliphatic hydroxyl groups is 2. The summed E-state index contributed by atoms with van der Waals surface area (Å²) in [6.45, 7) is 6.90. The van der Waals surface area contributed by atoms with E-state index in [0.29, 0.717) is 5.92 Å². The second-order valence-corrected chi connectivity index (χ2v) is 4.86. The number of rotatable bonds is 2. The summed E-state index contributed by atoms with van der Waals surface area (Å²) in [5.41, 5.74) is 0.0664. The summed E-state index contributed by atoms with van der Waals surface area (Å²) in [6.07, 6.45) is 2.07. The second-order valence-electron chi connectivity index (χ2n) is 4.86. The lowest BCUT2D eigenvalue weighted by molar-refractivity contribution is 0.0103. The van der Waals surface area contributed by atoms with Gasteiger partial charge in [0.05, 0.1) is 0 Å². The van der Waals surface area contributed by atoms with Gasteiger partial charge in [0, 0.05) is 13.2 Å². The molecular weight excluding hydrogens is 152 g/mol. The van der Waals surface area contributed by atoms with Crippen LogP contribution in [0.25, 0.3) is 0 Å². The van der Waals surface area contributed by atoms with Gasteiger partial charge in [-0.15, -0.1) is 0 Å². The lowest BCUT2D eigenvalue weighted by Crippen LogP contribution is -2.38. The molecule has 0 heterocycles. The van der Waals surface area contributed by atoms with Gasteiger partial charge in [-0.2, -0.15) is 0 Å². The topological polar surface area (TPSA) is 40.5 Å². The molecule has 72 valence electrons. The van der Waals surface area contributed by atoms with E-state index in [1.54, 1.807) is 0 Å². The van der Waals surface area contributed by atoms with E-state index in [2.05, 4.69) is 20.8 Å². The molecule has 2 heteroatoms. The van der Waals surface area contributed by atoms with Gasteiger partial charge in [0.2, 0.25) is 0 Å². The van der Waals surface area contributed by atoms with Crippen LogP contribution >= 0.6 is 0 Å². The van der Waals surface area contributed by atoms with E-state index in [1.807, 2.05) is 0 Å². The highest BCUT2D eigenvalue weighted by molar-refractivity contribution is 4.99. The molecule has 2 N–H and O–H groups in total. The highest BCUT2D eigenvalue weighted by Crippen LogP contribution is 2.55. The molecule has 1 rings (SSSR count). The van der Waals surface area contributed by atoms with Crippen molar-refractivity contribution >= 4 is 0 Å². The van der Waals surface area contributed by atoms with Gasteiger partial charge in [0.15, 0.2) is 0 Å². The van der Waals surface area contributed by atoms with E-state index < -0.39 is 0 Å². The summed E-state index contributed by atoms with van der Waals surface area (Å²) in [4.78, 5) is 0. The number of aliphatic hydroxyl groups excluding tert-OH is 2. The summed E-state index contributed by atoms with van der Waals surface area (Å²) in [5, 5.41) is 18.4. The molecule has 0 aromatic rings. The monoisotopic (exact) mass is 172 g/mol. The van der Waals surface area contributed by atoms with Gasteiger partial charge >= 0.3 is 0 Å². The lowest BCUT2D eigenvalue weighted by Gasteiger charge is -2.40. The highest BCUT2D eigenvalue weighted by atomic mass is 16.3. The van der Waals surface area contributed by atoms with Gasteiger partial charge in [-0.1, -0.05) is 20.8 Å². The zero-order chi connectivity index (χ0) is 9.41. The first-order valence-electron chi connectivity index (χ1n) is 4.69. The standard InChI is InChI=1S/C10H20O2/c1-9(2)8(6-11)4-5-10(9,3)7-12/h8,11-12H,4-7H2,1-3H3/t8-,10+/m1/s1. The van der Waals surface area contributed by atoms with Crippen LogP contribution in [0, 0.1) is 16.7 Å². The van der Waals surface area contributed by atoms with Gasteiger partial charge in [0.25, 0.3) is 0 Å². The zero-order valence-corrected chi connectivity index (χ0v) is 8.30. The fourth-order valence-corrected chi connectivity index (χ4v) is 2.27. The van der Waals surface area contributed by atoms with Crippen LogP contribution in [0.15, 0.2) is 0 Å². The van der Waals surface area contributed by atoms with Crippen molar-refractivity contribution in [3.05, 3.63) is 0 Å². The third-order valence-corrected chi connectivity index (χ3v) is 4.19. The Labute approximate surface area is 74.6 Å². The van der Waals surface area contributed by atoms with Crippen LogP contribution in [0.3, 0.4) is 0 Å². The molecule has 2 nitrogen and oxygen atoms in total. The van der Waals surface area contributed by atoms with Crippen molar-refractivity contribution in [2.24, 2.45) is 16.7 Å². The normalized spacial score (nSPS) is 40.2. The predicted octanol–water partition coefficient (Wildman–Crippen LogP) is 1.41. The molecule has 0 saturated heterocycles. The Balaban J connectivity index is 2.84. The molecule has 0 aliphatic heterocycles. The van der Waals surface area contributed by atoms with Gasteiger partial charge in [-0.3, -0.25) is 0 Å². The van der Waals surface area contributed by atoms with Crippen LogP contribution in [0.1, 0.15) is 33.6 Å². The molecule has 12 heavy (non-hydrogen) atoms. The largest absolute Gasteiger partial charge is 0.396 e. The van der Waals surface area contributed by atoms with E-state index in [1.165, 1.54) is 0 Å². The van der Waals surface area contributed by atoms with E-state index in [4.69, 9.17) is 5.11 Å². The second kappa shape index (κ2) is 3.00. The summed E-state index contributed by atoms with van der Waals surface area (Å²) < 4.78 is 0. The van der Waals surface area contributed by atoms with Crippen molar-refractivity contribution < 1.29 is 10.2 Å². The van der Waals surface area contributed by atoms with Crippen LogP contribution in [0.5, 0.6) is 0 Å².